The summed E-state index contributed by atoms with van der Waals surface area (Å²) in [6.45, 7) is 3.90. The Morgan fingerprint density at radius 3 is 2.28 bits per heavy atom. The number of hydrogen-bond donors (Lipinski definition) is 0. The molecule has 0 radical (unpaired) electrons. The van der Waals surface area contributed by atoms with Gasteiger partial charge in [0.15, 0.2) is 15.8 Å². The van der Waals surface area contributed by atoms with Gasteiger partial charge in [-0.15, -0.1) is 0 Å². The van der Waals surface area contributed by atoms with Crippen molar-refractivity contribution in [1.29, 1.82) is 0 Å². The number of hydrogen-bond acceptors (Lipinski definition) is 5. The molecule has 2 heterocycles. The Bertz CT molecular complexity index is 867. The number of benzene rings is 1. The summed E-state index contributed by atoms with van der Waals surface area (Å²) in [5, 5.41) is 1.54. The fraction of sp³-hybridized carbons (Fsp3) is 0.222. The van der Waals surface area contributed by atoms with Gasteiger partial charge in [0.05, 0.1) is 19.1 Å². The second-order valence-corrected chi connectivity index (χ2v) is 7.21. The standard InChI is InChI=1S/C18H18N2O3S2/c1-11-5-6-12(2)19(11)20-17(21)16(25-18(20)24)10-13-7-8-14(22-3)15(9-13)23-4/h5-10H,1-4H3/b16-10+. The van der Waals surface area contributed by atoms with E-state index < -0.39 is 0 Å². The van der Waals surface area contributed by atoms with E-state index in [2.05, 4.69) is 0 Å². The third-order valence-corrected chi connectivity index (χ3v) is 5.20. The molecule has 0 aliphatic carbocycles. The van der Waals surface area contributed by atoms with Gasteiger partial charge in [-0.25, -0.2) is 0 Å². The highest BCUT2D eigenvalue weighted by molar-refractivity contribution is 8.27. The highest BCUT2D eigenvalue weighted by Gasteiger charge is 2.34. The molecule has 25 heavy (non-hydrogen) atoms. The zero-order chi connectivity index (χ0) is 18.1. The van der Waals surface area contributed by atoms with Crippen molar-refractivity contribution in [2.75, 3.05) is 19.2 Å². The number of ether oxygens (including phenoxy) is 2. The van der Waals surface area contributed by atoms with Crippen LogP contribution in [0, 0.1) is 13.8 Å². The first-order valence-electron chi connectivity index (χ1n) is 7.61. The van der Waals surface area contributed by atoms with Crippen LogP contribution in [0.25, 0.3) is 6.08 Å². The van der Waals surface area contributed by atoms with E-state index in [9.17, 15) is 4.79 Å². The highest BCUT2D eigenvalue weighted by Crippen LogP contribution is 2.34. The molecule has 0 saturated carbocycles. The number of nitrogens with zero attached hydrogens (tertiary/aromatic N) is 2. The number of carbonyl (C=O) groups excluding carboxylic acids is 1. The Balaban J connectivity index is 1.96. The van der Waals surface area contributed by atoms with E-state index in [-0.39, 0.29) is 5.91 Å². The van der Waals surface area contributed by atoms with Crippen LogP contribution in [0.5, 0.6) is 11.5 Å². The quantitative estimate of drug-likeness (QED) is 0.604. The third kappa shape index (κ3) is 3.17. The third-order valence-electron chi connectivity index (χ3n) is 3.91. The van der Waals surface area contributed by atoms with E-state index in [1.165, 1.54) is 16.8 Å². The molecule has 1 aromatic carbocycles. The van der Waals surface area contributed by atoms with Crippen molar-refractivity contribution in [3.05, 3.63) is 52.2 Å². The minimum Gasteiger partial charge on any atom is -0.493 e. The monoisotopic (exact) mass is 374 g/mol. The molecule has 1 amide bonds. The zero-order valence-corrected chi connectivity index (χ0v) is 16.0. The lowest BCUT2D eigenvalue weighted by atomic mass is 10.2. The van der Waals surface area contributed by atoms with Crippen LogP contribution in [0.3, 0.4) is 0 Å². The number of thioether (sulfide) groups is 1. The zero-order valence-electron chi connectivity index (χ0n) is 14.4. The average molecular weight is 374 g/mol. The van der Waals surface area contributed by atoms with E-state index in [4.69, 9.17) is 21.7 Å². The summed E-state index contributed by atoms with van der Waals surface area (Å²) >= 11 is 6.72. The molecule has 0 bridgehead atoms. The number of rotatable bonds is 4. The van der Waals surface area contributed by atoms with Crippen LogP contribution in [0.4, 0.5) is 0 Å². The van der Waals surface area contributed by atoms with Crippen molar-refractivity contribution < 1.29 is 14.3 Å². The number of carbonyl (C=O) groups is 1. The molecule has 1 aromatic heterocycles. The van der Waals surface area contributed by atoms with Crippen LogP contribution in [0.15, 0.2) is 35.2 Å². The van der Waals surface area contributed by atoms with E-state index in [1.807, 2.05) is 54.9 Å². The van der Waals surface area contributed by atoms with Crippen LogP contribution in [0.2, 0.25) is 0 Å². The normalized spacial score (nSPS) is 16.0. The summed E-state index contributed by atoms with van der Waals surface area (Å²) in [7, 11) is 3.17. The van der Waals surface area contributed by atoms with Gasteiger partial charge in [0.1, 0.15) is 0 Å². The average Bonchev–Trinajstić information content (AvgIpc) is 3.06. The summed E-state index contributed by atoms with van der Waals surface area (Å²) < 4.78 is 12.9. The molecule has 3 rings (SSSR count). The first kappa shape index (κ1) is 17.6. The number of thiocarbonyl (C=S) groups is 1. The van der Waals surface area contributed by atoms with Crippen LogP contribution in [-0.2, 0) is 4.79 Å². The molecule has 7 heteroatoms. The number of aromatic nitrogens is 1. The smallest absolute Gasteiger partial charge is 0.285 e. The summed E-state index contributed by atoms with van der Waals surface area (Å²) in [5.74, 6) is 1.13. The Kier molecular flexibility index (Phi) is 4.87. The Hall–Kier alpha value is -2.25. The predicted octanol–water partition coefficient (Wildman–Crippen LogP) is 3.66. The molecular formula is C18H18N2O3S2. The van der Waals surface area contributed by atoms with Crippen LogP contribution in [-0.4, -0.2) is 29.1 Å². The van der Waals surface area contributed by atoms with Gasteiger partial charge in [-0.05, 0) is 62.0 Å². The fourth-order valence-corrected chi connectivity index (χ4v) is 3.94. The first-order chi connectivity index (χ1) is 12.0. The van der Waals surface area contributed by atoms with Crippen LogP contribution in [0.1, 0.15) is 17.0 Å². The van der Waals surface area contributed by atoms with Gasteiger partial charge in [0.2, 0.25) is 0 Å². The molecule has 0 unspecified atom stereocenters. The lowest BCUT2D eigenvalue weighted by Gasteiger charge is -2.20. The van der Waals surface area contributed by atoms with E-state index in [1.54, 1.807) is 14.2 Å². The lowest BCUT2D eigenvalue weighted by Crippen LogP contribution is -2.39. The summed E-state index contributed by atoms with van der Waals surface area (Å²) in [6.07, 6.45) is 1.81. The van der Waals surface area contributed by atoms with E-state index >= 15 is 0 Å². The van der Waals surface area contributed by atoms with Crippen molar-refractivity contribution in [1.82, 2.24) is 4.68 Å². The number of aryl methyl sites for hydroxylation is 2. The summed E-state index contributed by atoms with van der Waals surface area (Å²) in [6, 6.07) is 9.45. The van der Waals surface area contributed by atoms with Gasteiger partial charge in [0.25, 0.3) is 5.91 Å². The molecule has 5 nitrogen and oxygen atoms in total. The van der Waals surface area contributed by atoms with Crippen molar-refractivity contribution in [3.63, 3.8) is 0 Å². The van der Waals surface area contributed by atoms with Gasteiger partial charge >= 0.3 is 0 Å². The molecule has 1 saturated heterocycles. The SMILES string of the molecule is COc1ccc(/C=C2/SC(=S)N(n3c(C)ccc3C)C2=O)cc1OC. The van der Waals surface area contributed by atoms with Crippen LogP contribution < -0.4 is 14.5 Å². The molecule has 130 valence electrons. The molecule has 1 aliphatic heterocycles. The molecule has 0 spiro atoms. The van der Waals surface area contributed by atoms with Crippen molar-refractivity contribution >= 4 is 40.3 Å². The molecule has 0 atom stereocenters. The Labute approximate surface area is 156 Å². The minimum atomic E-state index is -0.132. The highest BCUT2D eigenvalue weighted by atomic mass is 32.2. The molecule has 1 fully saturated rings. The Morgan fingerprint density at radius 1 is 1.04 bits per heavy atom. The van der Waals surface area contributed by atoms with Gasteiger partial charge in [0, 0.05) is 11.4 Å². The maximum atomic E-state index is 12.9. The molecule has 2 aromatic rings. The van der Waals surface area contributed by atoms with Crippen molar-refractivity contribution in [2.45, 2.75) is 13.8 Å². The minimum absolute atomic E-state index is 0.132. The molecular weight excluding hydrogens is 356 g/mol. The first-order valence-corrected chi connectivity index (χ1v) is 8.84. The predicted molar refractivity (Wildman–Crippen MR) is 105 cm³/mol. The second kappa shape index (κ2) is 6.93. The maximum absolute atomic E-state index is 12.9. The maximum Gasteiger partial charge on any atom is 0.285 e. The summed E-state index contributed by atoms with van der Waals surface area (Å²) in [5.41, 5.74) is 2.77. The topological polar surface area (TPSA) is 43.7 Å². The van der Waals surface area contributed by atoms with Gasteiger partial charge < -0.3 is 9.47 Å². The molecule has 1 aliphatic rings. The van der Waals surface area contributed by atoms with Crippen LogP contribution >= 0.6 is 24.0 Å². The van der Waals surface area contributed by atoms with Crippen molar-refractivity contribution in [2.24, 2.45) is 0 Å². The van der Waals surface area contributed by atoms with Gasteiger partial charge in [-0.2, -0.15) is 5.01 Å². The van der Waals surface area contributed by atoms with E-state index in [0.29, 0.717) is 20.7 Å². The van der Waals surface area contributed by atoms with Gasteiger partial charge in [-0.1, -0.05) is 17.8 Å². The fourth-order valence-electron chi connectivity index (χ4n) is 2.70. The largest absolute Gasteiger partial charge is 0.493 e. The summed E-state index contributed by atoms with van der Waals surface area (Å²) in [4.78, 5) is 13.4. The lowest BCUT2D eigenvalue weighted by molar-refractivity contribution is -0.114. The number of amides is 1. The Morgan fingerprint density at radius 2 is 1.68 bits per heavy atom. The molecule has 0 N–H and O–H groups in total. The van der Waals surface area contributed by atoms with Crippen molar-refractivity contribution in [3.8, 4) is 11.5 Å². The van der Waals surface area contributed by atoms with E-state index in [0.717, 1.165) is 17.0 Å². The number of methoxy groups -OCH3 is 2. The second-order valence-electron chi connectivity index (χ2n) is 5.54. The van der Waals surface area contributed by atoms with Gasteiger partial charge in [-0.3, -0.25) is 9.47 Å².